The van der Waals surface area contributed by atoms with E-state index in [1.807, 2.05) is 42.6 Å². The minimum atomic E-state index is 0.686. The third-order valence-corrected chi connectivity index (χ3v) is 4.11. The molecule has 1 aromatic heterocycles. The molecule has 0 aliphatic carbocycles. The predicted molar refractivity (Wildman–Crippen MR) is 101 cm³/mol. The maximum atomic E-state index is 5.35. The number of benzene rings is 2. The van der Waals surface area contributed by atoms with E-state index in [1.54, 1.807) is 14.2 Å². The second-order valence-electron chi connectivity index (χ2n) is 5.78. The molecule has 1 heterocycles. The number of unbranched alkanes of at least 4 members (excludes halogenated alkanes) is 1. The molecule has 0 saturated heterocycles. The van der Waals surface area contributed by atoms with E-state index in [0.29, 0.717) is 11.5 Å². The molecule has 0 atom stereocenters. The highest BCUT2D eigenvalue weighted by Crippen LogP contribution is 2.27. The maximum Gasteiger partial charge on any atom is 0.230 e. The summed E-state index contributed by atoms with van der Waals surface area (Å²) in [6.07, 6.45) is 4.04. The normalized spacial score (nSPS) is 11.3. The number of ether oxygens (including phenoxy) is 2. The second-order valence-corrected chi connectivity index (χ2v) is 5.78. The van der Waals surface area contributed by atoms with Gasteiger partial charge < -0.3 is 14.0 Å². The van der Waals surface area contributed by atoms with Crippen LogP contribution in [0.25, 0.3) is 11.0 Å². The lowest BCUT2D eigenvalue weighted by atomic mass is 10.2. The first-order valence-corrected chi connectivity index (χ1v) is 8.48. The molecule has 0 amide bonds. The molecule has 2 aromatic carbocycles. The van der Waals surface area contributed by atoms with Gasteiger partial charge in [-0.2, -0.15) is 0 Å². The van der Waals surface area contributed by atoms with Crippen LogP contribution in [-0.4, -0.2) is 30.0 Å². The number of nitrogens with zero attached hydrogens (tertiary/aromatic N) is 3. The molecular formula is C20H23N3O2. The summed E-state index contributed by atoms with van der Waals surface area (Å²) in [7, 11) is 3.25. The van der Waals surface area contributed by atoms with E-state index in [9.17, 15) is 0 Å². The number of fused-ring (bicyclic) bond motifs is 1. The maximum absolute atomic E-state index is 5.35. The van der Waals surface area contributed by atoms with Crippen molar-refractivity contribution in [2.24, 2.45) is 4.99 Å². The van der Waals surface area contributed by atoms with Crippen LogP contribution in [0.3, 0.4) is 0 Å². The van der Waals surface area contributed by atoms with E-state index in [4.69, 9.17) is 9.47 Å². The monoisotopic (exact) mass is 337 g/mol. The quantitative estimate of drug-likeness (QED) is 0.592. The summed E-state index contributed by atoms with van der Waals surface area (Å²) in [4.78, 5) is 9.29. The van der Waals surface area contributed by atoms with E-state index >= 15 is 0 Å². The van der Waals surface area contributed by atoms with Gasteiger partial charge in [0.05, 0.1) is 25.3 Å². The van der Waals surface area contributed by atoms with Gasteiger partial charge in [-0.15, -0.1) is 0 Å². The van der Waals surface area contributed by atoms with Crippen molar-refractivity contribution in [3.63, 3.8) is 0 Å². The van der Waals surface area contributed by atoms with Crippen LogP contribution in [-0.2, 0) is 6.54 Å². The Hall–Kier alpha value is -2.82. The number of rotatable bonds is 7. The molecule has 3 rings (SSSR count). The Balaban J connectivity index is 1.95. The Morgan fingerprint density at radius 3 is 2.64 bits per heavy atom. The van der Waals surface area contributed by atoms with Gasteiger partial charge in [-0.05, 0) is 42.3 Å². The zero-order valence-electron chi connectivity index (χ0n) is 14.9. The number of hydrogen-bond acceptors (Lipinski definition) is 4. The van der Waals surface area contributed by atoms with Crippen molar-refractivity contribution in [3.8, 4) is 11.5 Å². The number of aliphatic imine (C=N–C) groups is 1. The first kappa shape index (κ1) is 17.0. The van der Waals surface area contributed by atoms with Crippen LogP contribution in [0.5, 0.6) is 11.5 Å². The average molecular weight is 337 g/mol. The molecule has 3 aromatic rings. The lowest BCUT2D eigenvalue weighted by Gasteiger charge is -2.07. The predicted octanol–water partition coefficient (Wildman–Crippen LogP) is 4.60. The Morgan fingerprint density at radius 2 is 1.88 bits per heavy atom. The van der Waals surface area contributed by atoms with Gasteiger partial charge in [0.2, 0.25) is 5.95 Å². The molecule has 0 aliphatic heterocycles. The highest BCUT2D eigenvalue weighted by Gasteiger charge is 2.09. The van der Waals surface area contributed by atoms with E-state index in [1.165, 1.54) is 0 Å². The van der Waals surface area contributed by atoms with Crippen LogP contribution in [0.1, 0.15) is 25.3 Å². The third kappa shape index (κ3) is 3.65. The number of aryl methyl sites for hydroxylation is 1. The number of para-hydroxylation sites is 2. The van der Waals surface area contributed by atoms with Gasteiger partial charge >= 0.3 is 0 Å². The molecule has 0 aliphatic rings. The van der Waals surface area contributed by atoms with Gasteiger partial charge in [-0.1, -0.05) is 25.5 Å². The number of methoxy groups -OCH3 is 2. The third-order valence-electron chi connectivity index (χ3n) is 4.11. The molecule has 0 N–H and O–H groups in total. The molecule has 0 bridgehead atoms. The van der Waals surface area contributed by atoms with Crippen LogP contribution < -0.4 is 9.47 Å². The van der Waals surface area contributed by atoms with Crippen molar-refractivity contribution >= 4 is 23.2 Å². The average Bonchev–Trinajstić information content (AvgIpc) is 3.01. The largest absolute Gasteiger partial charge is 0.493 e. The van der Waals surface area contributed by atoms with Crippen LogP contribution in [0.4, 0.5) is 5.95 Å². The summed E-state index contributed by atoms with van der Waals surface area (Å²) in [6.45, 7) is 3.10. The Kier molecular flexibility index (Phi) is 5.33. The van der Waals surface area contributed by atoms with Gasteiger partial charge in [-0.25, -0.2) is 9.98 Å². The van der Waals surface area contributed by atoms with Crippen molar-refractivity contribution < 1.29 is 9.47 Å². The molecule has 0 radical (unpaired) electrons. The summed E-state index contributed by atoms with van der Waals surface area (Å²) >= 11 is 0. The Morgan fingerprint density at radius 1 is 1.08 bits per heavy atom. The van der Waals surface area contributed by atoms with Gasteiger partial charge in [0.15, 0.2) is 11.5 Å². The van der Waals surface area contributed by atoms with Crippen molar-refractivity contribution in [2.45, 2.75) is 26.3 Å². The number of imidazole rings is 1. The molecule has 5 nitrogen and oxygen atoms in total. The van der Waals surface area contributed by atoms with Gasteiger partial charge in [-0.3, -0.25) is 0 Å². The molecule has 0 saturated carbocycles. The fraction of sp³-hybridized carbons (Fsp3) is 0.300. The fourth-order valence-corrected chi connectivity index (χ4v) is 2.76. The van der Waals surface area contributed by atoms with Crippen LogP contribution in [0.2, 0.25) is 0 Å². The molecule has 25 heavy (non-hydrogen) atoms. The lowest BCUT2D eigenvalue weighted by molar-refractivity contribution is 0.355. The smallest absolute Gasteiger partial charge is 0.230 e. The Bertz CT molecular complexity index is 884. The van der Waals surface area contributed by atoms with Gasteiger partial charge in [0.1, 0.15) is 0 Å². The fourth-order valence-electron chi connectivity index (χ4n) is 2.76. The molecule has 5 heteroatoms. The highest BCUT2D eigenvalue weighted by molar-refractivity contribution is 5.84. The molecule has 0 unspecified atom stereocenters. The summed E-state index contributed by atoms with van der Waals surface area (Å²) in [5, 5.41) is 0. The highest BCUT2D eigenvalue weighted by atomic mass is 16.5. The Labute approximate surface area is 147 Å². The van der Waals surface area contributed by atoms with Crippen LogP contribution in [0, 0.1) is 0 Å². The second kappa shape index (κ2) is 7.83. The SMILES string of the molecule is CCCCn1c(N=Cc2ccc(OC)c(OC)c2)nc2ccccc21. The zero-order valence-corrected chi connectivity index (χ0v) is 14.9. The topological polar surface area (TPSA) is 48.6 Å². The van der Waals surface area contributed by atoms with Crippen LogP contribution in [0.15, 0.2) is 47.5 Å². The first-order chi connectivity index (χ1) is 12.3. The minimum absolute atomic E-state index is 0.686. The van der Waals surface area contributed by atoms with Crippen LogP contribution >= 0.6 is 0 Å². The van der Waals surface area contributed by atoms with E-state index in [-0.39, 0.29) is 0 Å². The van der Waals surface area contributed by atoms with E-state index in [2.05, 4.69) is 27.5 Å². The summed E-state index contributed by atoms with van der Waals surface area (Å²) in [5.74, 6) is 2.12. The minimum Gasteiger partial charge on any atom is -0.493 e. The van der Waals surface area contributed by atoms with Crippen molar-refractivity contribution in [2.75, 3.05) is 14.2 Å². The van der Waals surface area contributed by atoms with E-state index in [0.717, 1.165) is 41.9 Å². The molecule has 0 fully saturated rings. The summed E-state index contributed by atoms with van der Waals surface area (Å²) in [5.41, 5.74) is 3.03. The van der Waals surface area contributed by atoms with Gasteiger partial charge in [0, 0.05) is 12.8 Å². The summed E-state index contributed by atoms with van der Waals surface area (Å²) in [6, 6.07) is 13.9. The van der Waals surface area contributed by atoms with Crippen molar-refractivity contribution in [1.82, 2.24) is 9.55 Å². The number of hydrogen-bond donors (Lipinski definition) is 0. The van der Waals surface area contributed by atoms with Gasteiger partial charge in [0.25, 0.3) is 0 Å². The lowest BCUT2D eigenvalue weighted by Crippen LogP contribution is -1.97. The summed E-state index contributed by atoms with van der Waals surface area (Å²) < 4.78 is 12.8. The molecule has 130 valence electrons. The van der Waals surface area contributed by atoms with Crippen molar-refractivity contribution in [3.05, 3.63) is 48.0 Å². The first-order valence-electron chi connectivity index (χ1n) is 8.48. The van der Waals surface area contributed by atoms with E-state index < -0.39 is 0 Å². The molecular weight excluding hydrogens is 314 g/mol. The zero-order chi connectivity index (χ0) is 17.6. The van der Waals surface area contributed by atoms with Crippen molar-refractivity contribution in [1.29, 1.82) is 0 Å². The number of aromatic nitrogens is 2. The molecule has 0 spiro atoms. The standard InChI is InChI=1S/C20H23N3O2/c1-4-5-12-23-17-9-7-6-8-16(17)22-20(23)21-14-15-10-11-18(24-2)19(13-15)25-3/h6-11,13-14H,4-5,12H2,1-3H3.